The number of pyridine rings is 1. The maximum absolute atomic E-state index is 4.66. The van der Waals surface area contributed by atoms with Crippen LogP contribution in [0.2, 0.25) is 0 Å². The standard InChI is InChI=1S/C8H10N2O/c1-7-3-4-8(5-9-7)10-6-11-2/h3-6H,1-2H3. The van der Waals surface area contributed by atoms with Crippen LogP contribution in [0.15, 0.2) is 23.3 Å². The van der Waals surface area contributed by atoms with Gasteiger partial charge in [-0.05, 0) is 19.1 Å². The van der Waals surface area contributed by atoms with E-state index in [1.54, 1.807) is 13.3 Å². The molecular weight excluding hydrogens is 140 g/mol. The van der Waals surface area contributed by atoms with E-state index in [0.29, 0.717) is 0 Å². The van der Waals surface area contributed by atoms with Gasteiger partial charge in [-0.15, -0.1) is 0 Å². The highest BCUT2D eigenvalue weighted by Gasteiger charge is 1.86. The number of hydrogen-bond donors (Lipinski definition) is 0. The molecule has 0 N–H and O–H groups in total. The van der Waals surface area contributed by atoms with Crippen molar-refractivity contribution >= 4 is 12.1 Å². The molecule has 0 amide bonds. The Morgan fingerprint density at radius 2 is 2.36 bits per heavy atom. The van der Waals surface area contributed by atoms with Crippen molar-refractivity contribution in [2.75, 3.05) is 7.11 Å². The summed E-state index contributed by atoms with van der Waals surface area (Å²) in [7, 11) is 1.56. The molecule has 58 valence electrons. The largest absolute Gasteiger partial charge is 0.486 e. The minimum atomic E-state index is 0.803. The van der Waals surface area contributed by atoms with Crippen molar-refractivity contribution in [3.8, 4) is 0 Å². The zero-order valence-corrected chi connectivity index (χ0v) is 6.61. The highest BCUT2D eigenvalue weighted by Crippen LogP contribution is 2.08. The number of methoxy groups -OCH3 is 1. The van der Waals surface area contributed by atoms with E-state index in [1.807, 2.05) is 19.1 Å². The number of hydrogen-bond acceptors (Lipinski definition) is 3. The summed E-state index contributed by atoms with van der Waals surface area (Å²) in [6.07, 6.45) is 3.08. The number of aliphatic imine (C=N–C) groups is 1. The fourth-order valence-electron chi connectivity index (χ4n) is 0.650. The van der Waals surface area contributed by atoms with Crippen LogP contribution in [0.25, 0.3) is 0 Å². The molecule has 11 heavy (non-hydrogen) atoms. The maximum Gasteiger partial charge on any atom is 0.174 e. The predicted molar refractivity (Wildman–Crippen MR) is 44.1 cm³/mol. The molecule has 0 spiro atoms. The molecule has 0 aliphatic heterocycles. The molecule has 1 aromatic heterocycles. The summed E-state index contributed by atoms with van der Waals surface area (Å²) in [5, 5.41) is 0. The average Bonchev–Trinajstić information content (AvgIpc) is 2.04. The Labute approximate surface area is 65.8 Å². The van der Waals surface area contributed by atoms with Gasteiger partial charge in [0.25, 0.3) is 0 Å². The molecule has 3 heteroatoms. The van der Waals surface area contributed by atoms with Crippen LogP contribution in [0.1, 0.15) is 5.69 Å². The zero-order chi connectivity index (χ0) is 8.10. The summed E-state index contributed by atoms with van der Waals surface area (Å²) in [5.41, 5.74) is 1.79. The van der Waals surface area contributed by atoms with Crippen LogP contribution in [0.4, 0.5) is 5.69 Å². The van der Waals surface area contributed by atoms with Crippen LogP contribution in [0.5, 0.6) is 0 Å². The molecule has 0 unspecified atom stereocenters. The molecule has 0 aromatic carbocycles. The molecule has 0 fully saturated rings. The van der Waals surface area contributed by atoms with Crippen LogP contribution in [0.3, 0.4) is 0 Å². The fraction of sp³-hybridized carbons (Fsp3) is 0.250. The molecule has 0 aliphatic rings. The first-order valence-corrected chi connectivity index (χ1v) is 3.31. The Morgan fingerprint density at radius 3 is 2.91 bits per heavy atom. The smallest absolute Gasteiger partial charge is 0.174 e. The molecule has 0 atom stereocenters. The van der Waals surface area contributed by atoms with E-state index in [4.69, 9.17) is 0 Å². The molecule has 1 heterocycles. The Bertz CT molecular complexity index is 241. The van der Waals surface area contributed by atoms with Crippen LogP contribution in [-0.4, -0.2) is 18.5 Å². The Balaban J connectivity index is 2.73. The molecule has 0 bridgehead atoms. The third-order valence-electron chi connectivity index (χ3n) is 1.20. The Kier molecular flexibility index (Phi) is 2.60. The summed E-state index contributed by atoms with van der Waals surface area (Å²) in [6.45, 7) is 1.93. The lowest BCUT2D eigenvalue weighted by Crippen LogP contribution is -1.78. The van der Waals surface area contributed by atoms with Crippen LogP contribution in [0, 0.1) is 6.92 Å². The van der Waals surface area contributed by atoms with E-state index < -0.39 is 0 Å². The summed E-state index contributed by atoms with van der Waals surface area (Å²) in [4.78, 5) is 8.02. The summed E-state index contributed by atoms with van der Waals surface area (Å²) < 4.78 is 4.66. The van der Waals surface area contributed by atoms with Gasteiger partial charge in [0.2, 0.25) is 0 Å². The lowest BCUT2D eigenvalue weighted by molar-refractivity contribution is 0.423. The second-order valence-corrected chi connectivity index (χ2v) is 2.13. The van der Waals surface area contributed by atoms with E-state index in [9.17, 15) is 0 Å². The van der Waals surface area contributed by atoms with Gasteiger partial charge in [0.1, 0.15) is 0 Å². The number of rotatable bonds is 2. The quantitative estimate of drug-likeness (QED) is 0.475. The fourth-order valence-corrected chi connectivity index (χ4v) is 0.650. The maximum atomic E-state index is 4.66. The first-order chi connectivity index (χ1) is 5.33. The molecule has 1 rings (SSSR count). The lowest BCUT2D eigenvalue weighted by Gasteiger charge is -1.92. The summed E-state index contributed by atoms with van der Waals surface area (Å²) in [6, 6.07) is 3.79. The molecular formula is C8H10N2O. The monoisotopic (exact) mass is 150 g/mol. The van der Waals surface area contributed by atoms with E-state index in [1.165, 1.54) is 6.40 Å². The Hall–Kier alpha value is -1.38. The number of aromatic nitrogens is 1. The van der Waals surface area contributed by atoms with Gasteiger partial charge in [0.15, 0.2) is 6.40 Å². The molecule has 0 saturated heterocycles. The van der Waals surface area contributed by atoms with Gasteiger partial charge < -0.3 is 4.74 Å². The highest BCUT2D eigenvalue weighted by molar-refractivity contribution is 5.54. The number of nitrogens with zero attached hydrogens (tertiary/aromatic N) is 2. The second kappa shape index (κ2) is 3.71. The van der Waals surface area contributed by atoms with E-state index in [-0.39, 0.29) is 0 Å². The summed E-state index contributed by atoms with van der Waals surface area (Å²) >= 11 is 0. The third-order valence-corrected chi connectivity index (χ3v) is 1.20. The minimum Gasteiger partial charge on any atom is -0.486 e. The summed E-state index contributed by atoms with van der Waals surface area (Å²) in [5.74, 6) is 0. The third kappa shape index (κ3) is 2.37. The van der Waals surface area contributed by atoms with Crippen molar-refractivity contribution in [3.05, 3.63) is 24.0 Å². The molecule has 0 saturated carbocycles. The first-order valence-electron chi connectivity index (χ1n) is 3.31. The van der Waals surface area contributed by atoms with Crippen LogP contribution >= 0.6 is 0 Å². The van der Waals surface area contributed by atoms with Gasteiger partial charge in [0, 0.05) is 5.69 Å². The molecule has 3 nitrogen and oxygen atoms in total. The second-order valence-electron chi connectivity index (χ2n) is 2.13. The van der Waals surface area contributed by atoms with E-state index in [0.717, 1.165) is 11.4 Å². The van der Waals surface area contributed by atoms with Gasteiger partial charge in [-0.25, -0.2) is 4.99 Å². The average molecular weight is 150 g/mol. The normalized spacial score (nSPS) is 10.4. The lowest BCUT2D eigenvalue weighted by atomic mass is 10.3. The van der Waals surface area contributed by atoms with Crippen molar-refractivity contribution < 1.29 is 4.74 Å². The van der Waals surface area contributed by atoms with E-state index in [2.05, 4.69) is 14.7 Å². The van der Waals surface area contributed by atoms with Crippen LogP contribution in [-0.2, 0) is 4.74 Å². The SMILES string of the molecule is COC=Nc1ccc(C)nc1. The van der Waals surface area contributed by atoms with Gasteiger partial charge in [-0.1, -0.05) is 0 Å². The highest BCUT2D eigenvalue weighted by atomic mass is 16.5. The van der Waals surface area contributed by atoms with Gasteiger partial charge in [0.05, 0.1) is 19.0 Å². The molecule has 0 radical (unpaired) electrons. The van der Waals surface area contributed by atoms with E-state index >= 15 is 0 Å². The minimum absolute atomic E-state index is 0.803. The van der Waals surface area contributed by atoms with Crippen molar-refractivity contribution in [3.63, 3.8) is 0 Å². The van der Waals surface area contributed by atoms with Gasteiger partial charge in [-0.3, -0.25) is 4.98 Å². The van der Waals surface area contributed by atoms with Gasteiger partial charge >= 0.3 is 0 Å². The van der Waals surface area contributed by atoms with Crippen molar-refractivity contribution in [2.24, 2.45) is 4.99 Å². The molecule has 0 aliphatic carbocycles. The topological polar surface area (TPSA) is 34.5 Å². The van der Waals surface area contributed by atoms with Crippen molar-refractivity contribution in [2.45, 2.75) is 6.92 Å². The number of ether oxygens (including phenoxy) is 1. The van der Waals surface area contributed by atoms with Crippen molar-refractivity contribution in [1.82, 2.24) is 4.98 Å². The molecule has 1 aromatic rings. The van der Waals surface area contributed by atoms with Gasteiger partial charge in [-0.2, -0.15) is 0 Å². The van der Waals surface area contributed by atoms with Crippen LogP contribution < -0.4 is 0 Å². The Morgan fingerprint density at radius 1 is 1.55 bits per heavy atom. The predicted octanol–water partition coefficient (Wildman–Crippen LogP) is 1.70. The first kappa shape index (κ1) is 7.72. The van der Waals surface area contributed by atoms with Crippen molar-refractivity contribution in [1.29, 1.82) is 0 Å². The number of aryl methyl sites for hydroxylation is 1. The zero-order valence-electron chi connectivity index (χ0n) is 6.61.